The van der Waals surface area contributed by atoms with Gasteiger partial charge in [-0.3, -0.25) is 4.98 Å². The molecule has 3 heterocycles. The molecule has 9 aromatic rings. The summed E-state index contributed by atoms with van der Waals surface area (Å²) in [4.78, 5) is 9.72. The third-order valence-corrected chi connectivity index (χ3v) is 10.7. The summed E-state index contributed by atoms with van der Waals surface area (Å²) in [7, 11) is 0. The fraction of sp³-hybridized carbons (Fsp3) is 0.208. The fourth-order valence-corrected chi connectivity index (χ4v) is 7.82. The monoisotopic (exact) mass is 936 g/mol. The van der Waals surface area contributed by atoms with Crippen LogP contribution in [0.1, 0.15) is 75.6 Å². The van der Waals surface area contributed by atoms with Gasteiger partial charge in [-0.2, -0.15) is 0 Å². The van der Waals surface area contributed by atoms with Gasteiger partial charge in [0.25, 0.3) is 0 Å². The Hall–Kier alpha value is -5.61. The molecule has 5 heteroatoms. The van der Waals surface area contributed by atoms with Gasteiger partial charge >= 0.3 is 0 Å². The van der Waals surface area contributed by atoms with Gasteiger partial charge in [0.2, 0.25) is 0 Å². The summed E-state index contributed by atoms with van der Waals surface area (Å²) in [6, 6.07) is 53.0. The smallest absolute Gasteiger partial charge is 0.120 e. The van der Waals surface area contributed by atoms with Crippen LogP contribution < -0.4 is 0 Å². The van der Waals surface area contributed by atoms with Gasteiger partial charge in [0.05, 0.1) is 22.4 Å². The van der Waals surface area contributed by atoms with Gasteiger partial charge in [-0.05, 0) is 94.9 Å². The van der Waals surface area contributed by atoms with Gasteiger partial charge in [0.15, 0.2) is 0 Å². The van der Waals surface area contributed by atoms with Gasteiger partial charge in [-0.25, -0.2) is 0 Å². The molecule has 6 aromatic carbocycles. The van der Waals surface area contributed by atoms with E-state index in [1.165, 1.54) is 39.1 Å². The Bertz CT molecular complexity index is 2780. The number of para-hydroxylation sites is 3. The Morgan fingerprint density at radius 1 is 0.672 bits per heavy atom. The largest absolute Gasteiger partial charge is 0.501 e. The number of nitrogens with zero attached hydrogens (tertiary/aromatic N) is 3. The number of hydrogen-bond acceptors (Lipinski definition) is 3. The molecule has 9 rings (SSSR count). The van der Waals surface area contributed by atoms with E-state index in [1.54, 1.807) is 0 Å². The van der Waals surface area contributed by atoms with Crippen molar-refractivity contribution in [2.45, 2.75) is 66.7 Å². The van der Waals surface area contributed by atoms with E-state index in [1.807, 2.05) is 42.6 Å². The molecule has 4 nitrogen and oxygen atoms in total. The second-order valence-electron chi connectivity index (χ2n) is 16.0. The first kappa shape index (κ1) is 40.6. The third kappa shape index (κ3) is 8.07. The molecule has 0 N–H and O–H groups in total. The zero-order chi connectivity index (χ0) is 39.6. The number of imidazole rings is 1. The number of rotatable bonds is 8. The van der Waals surface area contributed by atoms with Crippen LogP contribution in [0.25, 0.3) is 72.4 Å². The zero-order valence-electron chi connectivity index (χ0n) is 34.3. The van der Waals surface area contributed by atoms with E-state index in [9.17, 15) is 0 Å². The number of hydrogen-bond donors (Lipinski definition) is 0. The van der Waals surface area contributed by atoms with E-state index in [-0.39, 0.29) is 20.1 Å². The summed E-state index contributed by atoms with van der Waals surface area (Å²) in [6.45, 7) is 15.7. The van der Waals surface area contributed by atoms with Crippen molar-refractivity contribution in [3.05, 3.63) is 174 Å². The molecule has 0 aliphatic heterocycles. The molecule has 0 aliphatic carbocycles. The fourth-order valence-electron chi connectivity index (χ4n) is 7.82. The molecule has 0 saturated heterocycles. The summed E-state index contributed by atoms with van der Waals surface area (Å²) in [5.41, 5.74) is 15.6. The Morgan fingerprint density at radius 2 is 1.36 bits per heavy atom. The van der Waals surface area contributed by atoms with Crippen LogP contribution in [-0.2, 0) is 26.5 Å². The van der Waals surface area contributed by atoms with Crippen LogP contribution in [0.4, 0.5) is 0 Å². The number of furan rings is 1. The van der Waals surface area contributed by atoms with Crippen molar-refractivity contribution in [1.82, 2.24) is 14.5 Å². The molecule has 0 unspecified atom stereocenters. The third-order valence-electron chi connectivity index (χ3n) is 10.7. The van der Waals surface area contributed by atoms with Gasteiger partial charge in [-0.1, -0.05) is 125 Å². The molecule has 58 heavy (non-hydrogen) atoms. The minimum absolute atomic E-state index is 0. The van der Waals surface area contributed by atoms with E-state index >= 15 is 0 Å². The summed E-state index contributed by atoms with van der Waals surface area (Å²) < 4.78 is 8.83. The van der Waals surface area contributed by atoms with Gasteiger partial charge in [0.1, 0.15) is 5.58 Å². The molecule has 0 atom stereocenters. The SMILES string of the molecule is CC(C)c1cc(-c2ccccc2)cc(C(C)C)c1-n1c(-c2[c-]ccc3c2oc2ccccc23)nc2ccccc21.Cc1cnc(-c2[c-]cccc2)cc1CC(C)C.[Ir]. The maximum absolute atomic E-state index is 6.47. The van der Waals surface area contributed by atoms with Gasteiger partial charge in [-0.15, -0.1) is 54.1 Å². The van der Waals surface area contributed by atoms with E-state index in [0.717, 1.165) is 62.0 Å². The minimum atomic E-state index is 0. The van der Waals surface area contributed by atoms with Crippen molar-refractivity contribution in [2.24, 2.45) is 5.92 Å². The first-order valence-electron chi connectivity index (χ1n) is 20.1. The Balaban J connectivity index is 0.000000240. The Kier molecular flexibility index (Phi) is 12.2. The number of aryl methyl sites for hydroxylation is 1. The van der Waals surface area contributed by atoms with Crippen molar-refractivity contribution in [3.8, 4) is 39.5 Å². The molecule has 0 amide bonds. The molecule has 1 radical (unpaired) electrons. The molecular formula is C53H49IrN3O-2. The van der Waals surface area contributed by atoms with Crippen molar-refractivity contribution in [3.63, 3.8) is 0 Å². The van der Waals surface area contributed by atoms with Crippen LogP contribution in [0.3, 0.4) is 0 Å². The van der Waals surface area contributed by atoms with E-state index in [2.05, 4.69) is 167 Å². The summed E-state index contributed by atoms with van der Waals surface area (Å²) in [5.74, 6) is 2.12. The average molecular weight is 936 g/mol. The topological polar surface area (TPSA) is 43.9 Å². The predicted octanol–water partition coefficient (Wildman–Crippen LogP) is 14.4. The van der Waals surface area contributed by atoms with Crippen LogP contribution in [0.2, 0.25) is 0 Å². The maximum Gasteiger partial charge on any atom is 0.120 e. The molecule has 0 aliphatic rings. The number of fused-ring (bicyclic) bond motifs is 4. The number of aromatic nitrogens is 3. The second-order valence-corrected chi connectivity index (χ2v) is 16.0. The Morgan fingerprint density at radius 3 is 2.07 bits per heavy atom. The van der Waals surface area contributed by atoms with Crippen LogP contribution in [-0.4, -0.2) is 14.5 Å². The zero-order valence-corrected chi connectivity index (χ0v) is 36.7. The molecule has 0 saturated carbocycles. The molecule has 0 fully saturated rings. The molecular weight excluding hydrogens is 887 g/mol. The van der Waals surface area contributed by atoms with E-state index in [0.29, 0.717) is 17.8 Å². The molecule has 0 bridgehead atoms. The normalized spacial score (nSPS) is 11.4. The summed E-state index contributed by atoms with van der Waals surface area (Å²) in [6.07, 6.45) is 3.07. The molecule has 0 spiro atoms. The Labute approximate surface area is 356 Å². The van der Waals surface area contributed by atoms with Crippen molar-refractivity contribution >= 4 is 33.0 Å². The molecule has 3 aromatic heterocycles. The second kappa shape index (κ2) is 17.5. The van der Waals surface area contributed by atoms with Crippen molar-refractivity contribution < 1.29 is 24.5 Å². The van der Waals surface area contributed by atoms with Gasteiger partial charge < -0.3 is 14.0 Å². The quantitative estimate of drug-likeness (QED) is 0.143. The van der Waals surface area contributed by atoms with Gasteiger partial charge in [0, 0.05) is 37.4 Å². The minimum Gasteiger partial charge on any atom is -0.501 e. The predicted molar refractivity (Wildman–Crippen MR) is 238 cm³/mol. The molecule has 293 valence electrons. The summed E-state index contributed by atoms with van der Waals surface area (Å²) in [5, 5.41) is 2.18. The van der Waals surface area contributed by atoms with Crippen molar-refractivity contribution in [1.29, 1.82) is 0 Å². The standard InChI is InChI=1S/C37H31N2O.C16H18N.Ir/c1-23(2)30-21-26(25-13-6-5-7-14-25)22-31(24(3)4)35(30)39-33-19-10-9-18-32(33)38-37(39)29-17-12-16-28-27-15-8-11-20-34(27)40-36(28)29;1-12(2)9-15-10-16(17-11-13(15)3)14-7-5-4-6-8-14;/h5-16,18-24H,1-4H3;4-7,10-12H,9H2,1-3H3;/q2*-1;. The first-order chi connectivity index (χ1) is 27.7. The van der Waals surface area contributed by atoms with E-state index < -0.39 is 0 Å². The van der Waals surface area contributed by atoms with Crippen LogP contribution in [0.15, 0.2) is 144 Å². The first-order valence-corrected chi connectivity index (χ1v) is 20.1. The average Bonchev–Trinajstić information content (AvgIpc) is 3.81. The number of benzene rings is 6. The van der Waals surface area contributed by atoms with Crippen LogP contribution in [0, 0.1) is 25.0 Å². The summed E-state index contributed by atoms with van der Waals surface area (Å²) >= 11 is 0. The van der Waals surface area contributed by atoms with Crippen LogP contribution in [0.5, 0.6) is 0 Å². The van der Waals surface area contributed by atoms with Crippen molar-refractivity contribution in [2.75, 3.05) is 0 Å². The van der Waals surface area contributed by atoms with E-state index in [4.69, 9.17) is 9.40 Å². The van der Waals surface area contributed by atoms with Crippen LogP contribution >= 0.6 is 0 Å². The number of pyridine rings is 1. The maximum atomic E-state index is 6.47.